The van der Waals surface area contributed by atoms with Crippen molar-refractivity contribution in [2.24, 2.45) is 16.2 Å². The Kier molecular flexibility index (Phi) is 6.17. The largest absolute Gasteiger partial charge is 0.492 e. The number of amides is 1. The molecule has 11 heteroatoms. The zero-order chi connectivity index (χ0) is 22.8. The molecule has 0 fully saturated rings. The summed E-state index contributed by atoms with van der Waals surface area (Å²) in [6.07, 6.45) is 0.535. The van der Waals surface area contributed by atoms with Gasteiger partial charge in [0.05, 0.1) is 36.4 Å². The Morgan fingerprint density at radius 3 is 2.62 bits per heavy atom. The third-order valence-electron chi connectivity index (χ3n) is 5.06. The number of hydrogen-bond donors (Lipinski definition) is 1. The first-order chi connectivity index (χ1) is 15.5. The van der Waals surface area contributed by atoms with E-state index in [1.807, 2.05) is 0 Å². The van der Waals surface area contributed by atoms with Gasteiger partial charge in [-0.05, 0) is 22.0 Å². The summed E-state index contributed by atoms with van der Waals surface area (Å²) in [5.41, 5.74) is 3.27. The van der Waals surface area contributed by atoms with Gasteiger partial charge in [-0.3, -0.25) is 4.79 Å². The standard InChI is InChI=1S/C21H19BrFN3O6/c1-10-15(21(27)25-24-8-11-6-4-5-7-12(11)23)26-32-16(10)13-14(22)18(29-3)20-19(17(13)28-2)30-9-31-20/h4-8,10,16H,9H2,1-3H3,(H,25,27)/b24-8+. The maximum Gasteiger partial charge on any atom is 0.289 e. The monoisotopic (exact) mass is 507 g/mol. The number of nitrogens with one attached hydrogen (secondary N) is 1. The van der Waals surface area contributed by atoms with Crippen molar-refractivity contribution in [1.29, 1.82) is 0 Å². The lowest BCUT2D eigenvalue weighted by Crippen LogP contribution is -2.31. The Hall–Kier alpha value is -3.34. The van der Waals surface area contributed by atoms with E-state index in [9.17, 15) is 9.18 Å². The summed E-state index contributed by atoms with van der Waals surface area (Å²) < 4.78 is 36.3. The van der Waals surface area contributed by atoms with Crippen LogP contribution in [-0.2, 0) is 9.63 Å². The van der Waals surface area contributed by atoms with E-state index in [1.54, 1.807) is 19.1 Å². The van der Waals surface area contributed by atoms with Gasteiger partial charge in [0.1, 0.15) is 5.82 Å². The molecular formula is C21H19BrFN3O6. The molecule has 32 heavy (non-hydrogen) atoms. The summed E-state index contributed by atoms with van der Waals surface area (Å²) in [5, 5.41) is 7.76. The second-order valence-electron chi connectivity index (χ2n) is 6.87. The molecule has 0 radical (unpaired) electrons. The summed E-state index contributed by atoms with van der Waals surface area (Å²) in [7, 11) is 2.99. The SMILES string of the molecule is COc1c(Br)c(C2ON=C(C(=O)N/N=C/c3ccccc3F)C2C)c(OC)c2c1OCO2. The van der Waals surface area contributed by atoms with Crippen LogP contribution >= 0.6 is 15.9 Å². The molecule has 1 amide bonds. The highest BCUT2D eigenvalue weighted by Crippen LogP contribution is 2.57. The van der Waals surface area contributed by atoms with Gasteiger partial charge in [-0.1, -0.05) is 30.3 Å². The average molecular weight is 508 g/mol. The first-order valence-electron chi connectivity index (χ1n) is 9.52. The number of halogens is 2. The predicted molar refractivity (Wildman–Crippen MR) is 116 cm³/mol. The molecule has 0 saturated heterocycles. The van der Waals surface area contributed by atoms with Crippen LogP contribution in [0.2, 0.25) is 0 Å². The summed E-state index contributed by atoms with van der Waals surface area (Å²) in [5.74, 6) is 0.0872. The van der Waals surface area contributed by atoms with E-state index in [0.29, 0.717) is 33.0 Å². The molecule has 2 aromatic carbocycles. The van der Waals surface area contributed by atoms with Crippen LogP contribution < -0.4 is 24.4 Å². The number of hydrazone groups is 1. The Morgan fingerprint density at radius 2 is 1.94 bits per heavy atom. The van der Waals surface area contributed by atoms with E-state index < -0.39 is 23.7 Å². The van der Waals surface area contributed by atoms with Crippen molar-refractivity contribution in [3.8, 4) is 23.0 Å². The molecule has 2 aromatic rings. The minimum Gasteiger partial charge on any atom is -0.492 e. The molecule has 2 aliphatic heterocycles. The lowest BCUT2D eigenvalue weighted by atomic mass is 9.92. The molecule has 4 rings (SSSR count). The number of carbonyl (C=O) groups excluding carboxylic acids is 1. The van der Waals surface area contributed by atoms with Gasteiger partial charge in [-0.25, -0.2) is 9.82 Å². The molecule has 0 spiro atoms. The van der Waals surface area contributed by atoms with Crippen LogP contribution in [0.25, 0.3) is 0 Å². The number of rotatable bonds is 6. The van der Waals surface area contributed by atoms with Gasteiger partial charge >= 0.3 is 0 Å². The second-order valence-corrected chi connectivity index (χ2v) is 7.66. The van der Waals surface area contributed by atoms with Gasteiger partial charge in [0, 0.05) is 5.56 Å². The lowest BCUT2D eigenvalue weighted by molar-refractivity contribution is -0.115. The van der Waals surface area contributed by atoms with E-state index in [1.165, 1.54) is 32.6 Å². The fourth-order valence-electron chi connectivity index (χ4n) is 3.48. The van der Waals surface area contributed by atoms with Crippen LogP contribution in [0.15, 0.2) is 39.0 Å². The normalized spacial score (nSPS) is 19.0. The Bertz CT molecular complexity index is 1120. The summed E-state index contributed by atoms with van der Waals surface area (Å²) in [6.45, 7) is 1.79. The number of ether oxygens (including phenoxy) is 4. The molecule has 2 heterocycles. The zero-order valence-corrected chi connectivity index (χ0v) is 18.9. The molecule has 0 saturated carbocycles. The van der Waals surface area contributed by atoms with Crippen molar-refractivity contribution < 1.29 is 33.0 Å². The number of benzene rings is 2. The van der Waals surface area contributed by atoms with E-state index in [4.69, 9.17) is 23.8 Å². The van der Waals surface area contributed by atoms with Crippen LogP contribution in [-0.4, -0.2) is 38.8 Å². The molecule has 9 nitrogen and oxygen atoms in total. The van der Waals surface area contributed by atoms with Crippen molar-refractivity contribution in [2.75, 3.05) is 21.0 Å². The molecule has 0 aliphatic carbocycles. The molecule has 168 valence electrons. The number of nitrogens with zero attached hydrogens (tertiary/aromatic N) is 2. The van der Waals surface area contributed by atoms with Crippen LogP contribution in [0, 0.1) is 11.7 Å². The quantitative estimate of drug-likeness (QED) is 0.474. The number of fused-ring (bicyclic) bond motifs is 1. The lowest BCUT2D eigenvalue weighted by Gasteiger charge is -2.21. The fraction of sp³-hybridized carbons (Fsp3) is 0.286. The van der Waals surface area contributed by atoms with Crippen molar-refractivity contribution in [3.63, 3.8) is 0 Å². The van der Waals surface area contributed by atoms with Gasteiger partial charge in [-0.2, -0.15) is 5.10 Å². The molecular weight excluding hydrogens is 489 g/mol. The third kappa shape index (κ3) is 3.72. The molecule has 1 N–H and O–H groups in total. The van der Waals surface area contributed by atoms with Crippen LogP contribution in [0.5, 0.6) is 23.0 Å². The van der Waals surface area contributed by atoms with Crippen LogP contribution in [0.4, 0.5) is 4.39 Å². The first kappa shape index (κ1) is 21.9. The topological polar surface area (TPSA) is 100.0 Å². The molecule has 0 bridgehead atoms. The van der Waals surface area contributed by atoms with Crippen molar-refractivity contribution in [2.45, 2.75) is 13.0 Å². The second kappa shape index (κ2) is 9.03. The van der Waals surface area contributed by atoms with E-state index in [2.05, 4.69) is 31.6 Å². The molecule has 2 aliphatic rings. The maximum atomic E-state index is 13.7. The predicted octanol–water partition coefficient (Wildman–Crippen LogP) is 3.55. The minimum absolute atomic E-state index is 0.0171. The van der Waals surface area contributed by atoms with Gasteiger partial charge in [0.25, 0.3) is 5.91 Å². The highest BCUT2D eigenvalue weighted by molar-refractivity contribution is 9.10. The highest BCUT2D eigenvalue weighted by atomic mass is 79.9. The first-order valence-corrected chi connectivity index (χ1v) is 10.3. The smallest absolute Gasteiger partial charge is 0.289 e. The van der Waals surface area contributed by atoms with E-state index in [-0.39, 0.29) is 18.1 Å². The average Bonchev–Trinajstić information content (AvgIpc) is 3.41. The summed E-state index contributed by atoms with van der Waals surface area (Å²) >= 11 is 3.52. The number of oxime groups is 1. The van der Waals surface area contributed by atoms with E-state index in [0.717, 1.165) is 0 Å². The van der Waals surface area contributed by atoms with Gasteiger partial charge in [0.2, 0.25) is 18.3 Å². The number of hydrogen-bond acceptors (Lipinski definition) is 8. The third-order valence-corrected chi connectivity index (χ3v) is 5.84. The highest BCUT2D eigenvalue weighted by Gasteiger charge is 2.42. The van der Waals surface area contributed by atoms with E-state index >= 15 is 0 Å². The number of methoxy groups -OCH3 is 2. The zero-order valence-electron chi connectivity index (χ0n) is 17.3. The van der Waals surface area contributed by atoms with Gasteiger partial charge < -0.3 is 23.8 Å². The molecule has 2 unspecified atom stereocenters. The van der Waals surface area contributed by atoms with Crippen molar-refractivity contribution in [3.05, 3.63) is 45.7 Å². The maximum absolute atomic E-state index is 13.7. The van der Waals surface area contributed by atoms with Crippen molar-refractivity contribution >= 4 is 33.8 Å². The van der Waals surface area contributed by atoms with Crippen molar-refractivity contribution in [1.82, 2.24) is 5.43 Å². The Morgan fingerprint density at radius 1 is 1.25 bits per heavy atom. The summed E-state index contributed by atoms with van der Waals surface area (Å²) in [4.78, 5) is 18.2. The summed E-state index contributed by atoms with van der Waals surface area (Å²) in [6, 6.07) is 6.07. The Balaban J connectivity index is 1.56. The fourth-order valence-corrected chi connectivity index (χ4v) is 4.23. The molecule has 0 aromatic heterocycles. The Labute approximate surface area is 191 Å². The van der Waals surface area contributed by atoms with Gasteiger partial charge in [-0.15, -0.1) is 0 Å². The van der Waals surface area contributed by atoms with Crippen LogP contribution in [0.1, 0.15) is 24.2 Å². The van der Waals surface area contributed by atoms with Gasteiger partial charge in [0.15, 0.2) is 23.3 Å². The number of carbonyl (C=O) groups is 1. The minimum atomic E-state index is -0.681. The molecule has 2 atom stereocenters. The van der Waals surface area contributed by atoms with Crippen LogP contribution in [0.3, 0.4) is 0 Å².